The van der Waals surface area contributed by atoms with Gasteiger partial charge in [-0.1, -0.05) is 23.8 Å². The van der Waals surface area contributed by atoms with E-state index >= 15 is 0 Å². The molecule has 0 saturated heterocycles. The minimum absolute atomic E-state index is 0.0478. The molecule has 2 N–H and O–H groups in total. The molecule has 0 bridgehead atoms. The number of methoxy groups -OCH3 is 1. The first kappa shape index (κ1) is 25.9. The third-order valence-electron chi connectivity index (χ3n) is 4.69. The number of sulfonamides is 1. The van der Waals surface area contributed by atoms with E-state index in [-0.39, 0.29) is 23.1 Å². The van der Waals surface area contributed by atoms with Gasteiger partial charge in [0.1, 0.15) is 10.6 Å². The number of ether oxygens (including phenoxy) is 1. The molecule has 3 rings (SSSR count). The lowest BCUT2D eigenvalue weighted by atomic mass is 10.2. The Morgan fingerprint density at radius 1 is 1.18 bits per heavy atom. The minimum Gasteiger partial charge on any atom is -0.497 e. The summed E-state index contributed by atoms with van der Waals surface area (Å²) in [5, 5.41) is 6.60. The quantitative estimate of drug-likeness (QED) is 0.294. The van der Waals surface area contributed by atoms with Gasteiger partial charge < -0.3 is 10.1 Å². The smallest absolute Gasteiger partial charge is 0.269 e. The molecule has 1 amide bonds. The molecule has 0 saturated carbocycles. The van der Waals surface area contributed by atoms with E-state index in [1.165, 1.54) is 39.9 Å². The van der Waals surface area contributed by atoms with Crippen LogP contribution in [0.4, 0.5) is 5.69 Å². The molecule has 2 aromatic carbocycles. The molecule has 3 aromatic rings. The number of halogens is 1. The number of carbonyl (C=O) groups excluding carboxylic acids is 1. The van der Waals surface area contributed by atoms with Gasteiger partial charge in [0.05, 0.1) is 17.0 Å². The first-order chi connectivity index (χ1) is 16.2. The molecule has 7 nitrogen and oxygen atoms in total. The molecule has 0 aliphatic heterocycles. The third kappa shape index (κ3) is 5.65. The van der Waals surface area contributed by atoms with Crippen LogP contribution in [0.15, 0.2) is 72.7 Å². The number of hydrogen-bond donors (Lipinski definition) is 2. The second-order valence-corrected chi connectivity index (χ2v) is 10.7. The van der Waals surface area contributed by atoms with E-state index in [9.17, 15) is 13.2 Å². The number of anilines is 1. The molecular formula is C23H22ClN3O4S3. The van der Waals surface area contributed by atoms with Crippen molar-refractivity contribution in [2.45, 2.75) is 4.90 Å². The van der Waals surface area contributed by atoms with Gasteiger partial charge in [-0.05, 0) is 54.7 Å². The van der Waals surface area contributed by atoms with Crippen molar-refractivity contribution in [3.8, 4) is 5.75 Å². The van der Waals surface area contributed by atoms with Gasteiger partial charge in [0, 0.05) is 28.9 Å². The lowest BCUT2D eigenvalue weighted by molar-refractivity contribution is 0.0982. The zero-order valence-electron chi connectivity index (χ0n) is 18.2. The average Bonchev–Trinajstić information content (AvgIpc) is 3.15. The van der Waals surface area contributed by atoms with Crippen molar-refractivity contribution in [3.05, 3.63) is 77.7 Å². The van der Waals surface area contributed by atoms with Gasteiger partial charge in [-0.3, -0.25) is 10.1 Å². The molecule has 0 fully saturated rings. The number of fused-ring (bicyclic) bond motifs is 1. The van der Waals surface area contributed by atoms with Crippen LogP contribution in [0.3, 0.4) is 0 Å². The number of carbonyl (C=O) groups is 1. The predicted octanol–water partition coefficient (Wildman–Crippen LogP) is 5.05. The Labute approximate surface area is 212 Å². The number of thiocarbonyl (C=S) groups is 1. The van der Waals surface area contributed by atoms with E-state index in [0.717, 1.165) is 10.1 Å². The summed E-state index contributed by atoms with van der Waals surface area (Å²) in [5.74, 6) is 0.212. The lowest BCUT2D eigenvalue weighted by Crippen LogP contribution is -2.34. The van der Waals surface area contributed by atoms with E-state index in [1.807, 2.05) is 0 Å². The number of hydrogen-bond acceptors (Lipinski definition) is 6. The van der Waals surface area contributed by atoms with Gasteiger partial charge in [-0.15, -0.1) is 24.5 Å². The van der Waals surface area contributed by atoms with Crippen LogP contribution in [0.5, 0.6) is 5.75 Å². The fourth-order valence-corrected chi connectivity index (χ4v) is 6.09. The van der Waals surface area contributed by atoms with Gasteiger partial charge >= 0.3 is 0 Å². The van der Waals surface area contributed by atoms with Crippen molar-refractivity contribution in [2.24, 2.45) is 0 Å². The normalized spacial score (nSPS) is 11.3. The van der Waals surface area contributed by atoms with Crippen molar-refractivity contribution in [1.29, 1.82) is 0 Å². The maximum atomic E-state index is 12.8. The summed E-state index contributed by atoms with van der Waals surface area (Å²) < 4.78 is 32.9. The van der Waals surface area contributed by atoms with E-state index in [4.69, 9.17) is 28.6 Å². The SMILES string of the molecule is C=CCN(CC=C)S(=O)(=O)c1ccc(NC(=S)NC(=O)c2sc3cc(OC)ccc3c2Cl)cc1. The summed E-state index contributed by atoms with van der Waals surface area (Å²) in [4.78, 5) is 13.2. The van der Waals surface area contributed by atoms with Crippen LogP contribution in [0.25, 0.3) is 10.1 Å². The number of rotatable bonds is 9. The van der Waals surface area contributed by atoms with Crippen LogP contribution in [-0.4, -0.2) is 43.9 Å². The highest BCUT2D eigenvalue weighted by Gasteiger charge is 2.22. The van der Waals surface area contributed by atoms with Crippen LogP contribution in [0, 0.1) is 0 Å². The highest BCUT2D eigenvalue weighted by Crippen LogP contribution is 2.37. The van der Waals surface area contributed by atoms with Crippen molar-refractivity contribution >= 4 is 72.0 Å². The molecule has 1 heterocycles. The number of amides is 1. The highest BCUT2D eigenvalue weighted by molar-refractivity contribution is 7.89. The van der Waals surface area contributed by atoms with Crippen molar-refractivity contribution < 1.29 is 17.9 Å². The summed E-state index contributed by atoms with van der Waals surface area (Å²) in [5.41, 5.74) is 0.510. The van der Waals surface area contributed by atoms with E-state index in [2.05, 4.69) is 23.8 Å². The van der Waals surface area contributed by atoms with E-state index in [0.29, 0.717) is 21.3 Å². The molecule has 34 heavy (non-hydrogen) atoms. The summed E-state index contributed by atoms with van der Waals surface area (Å²) in [7, 11) is -2.15. The molecule has 0 radical (unpaired) electrons. The molecule has 1 aromatic heterocycles. The molecule has 0 aliphatic carbocycles. The zero-order valence-corrected chi connectivity index (χ0v) is 21.4. The second kappa shape index (κ2) is 11.1. The molecule has 0 unspecified atom stereocenters. The standard InChI is InChI=1S/C23H22ClN3O4S3/c1-4-12-27(13-5-2)34(29,30)17-9-6-15(7-10-17)25-23(32)26-22(28)21-20(24)18-11-8-16(31-3)14-19(18)33-21/h4-11,14H,1-2,12-13H2,3H3,(H2,25,26,28,32). The van der Waals surface area contributed by atoms with Gasteiger partial charge in [-0.2, -0.15) is 4.31 Å². The molecule has 0 atom stereocenters. The summed E-state index contributed by atoms with van der Waals surface area (Å²) in [6.45, 7) is 7.52. The van der Waals surface area contributed by atoms with Gasteiger partial charge in [0.25, 0.3) is 5.91 Å². The number of benzene rings is 2. The molecule has 11 heteroatoms. The van der Waals surface area contributed by atoms with Gasteiger partial charge in [0.15, 0.2) is 5.11 Å². The van der Waals surface area contributed by atoms with Crippen molar-refractivity contribution in [3.63, 3.8) is 0 Å². The van der Waals surface area contributed by atoms with Gasteiger partial charge in [0.2, 0.25) is 10.0 Å². The summed E-state index contributed by atoms with van der Waals surface area (Å²) in [6.07, 6.45) is 3.02. The molecule has 0 spiro atoms. The zero-order chi connectivity index (χ0) is 24.9. The summed E-state index contributed by atoms with van der Waals surface area (Å²) >= 11 is 12.9. The average molecular weight is 536 g/mol. The van der Waals surface area contributed by atoms with Crippen LogP contribution in [-0.2, 0) is 10.0 Å². The van der Waals surface area contributed by atoms with Crippen LogP contribution in [0.2, 0.25) is 5.02 Å². The Morgan fingerprint density at radius 2 is 1.82 bits per heavy atom. The fourth-order valence-electron chi connectivity index (χ4n) is 3.06. The Hall–Kier alpha value is -2.76. The number of nitrogens with one attached hydrogen (secondary N) is 2. The van der Waals surface area contributed by atoms with E-state index < -0.39 is 15.9 Å². The Balaban J connectivity index is 1.70. The van der Waals surface area contributed by atoms with Crippen LogP contribution >= 0.6 is 35.2 Å². The molecular weight excluding hydrogens is 514 g/mol. The summed E-state index contributed by atoms with van der Waals surface area (Å²) in [6, 6.07) is 11.4. The van der Waals surface area contributed by atoms with Crippen LogP contribution < -0.4 is 15.4 Å². The van der Waals surface area contributed by atoms with Crippen molar-refractivity contribution in [2.75, 3.05) is 25.5 Å². The first-order valence-corrected chi connectivity index (χ1v) is 13.0. The third-order valence-corrected chi connectivity index (χ3v) is 8.39. The topological polar surface area (TPSA) is 87.7 Å². The van der Waals surface area contributed by atoms with Crippen molar-refractivity contribution in [1.82, 2.24) is 9.62 Å². The Bertz CT molecular complexity index is 1340. The fraction of sp³-hybridized carbons (Fsp3) is 0.130. The maximum Gasteiger partial charge on any atom is 0.269 e. The monoisotopic (exact) mass is 535 g/mol. The first-order valence-electron chi connectivity index (χ1n) is 9.91. The minimum atomic E-state index is -3.71. The van der Waals surface area contributed by atoms with Crippen LogP contribution in [0.1, 0.15) is 9.67 Å². The Kier molecular flexibility index (Phi) is 8.45. The Morgan fingerprint density at radius 3 is 2.41 bits per heavy atom. The highest BCUT2D eigenvalue weighted by atomic mass is 35.5. The number of thiophene rings is 1. The lowest BCUT2D eigenvalue weighted by Gasteiger charge is -2.19. The molecule has 178 valence electrons. The second-order valence-electron chi connectivity index (χ2n) is 6.94. The largest absolute Gasteiger partial charge is 0.497 e. The van der Waals surface area contributed by atoms with Gasteiger partial charge in [-0.25, -0.2) is 8.42 Å². The molecule has 0 aliphatic rings. The van der Waals surface area contributed by atoms with E-state index in [1.54, 1.807) is 37.4 Å². The number of nitrogens with zero attached hydrogens (tertiary/aromatic N) is 1. The predicted molar refractivity (Wildman–Crippen MR) is 143 cm³/mol. The maximum absolute atomic E-state index is 12.8.